The lowest BCUT2D eigenvalue weighted by Gasteiger charge is -2.08. The first-order valence-corrected chi connectivity index (χ1v) is 6.88. The summed E-state index contributed by atoms with van der Waals surface area (Å²) in [7, 11) is 0. The highest BCUT2D eigenvalue weighted by molar-refractivity contribution is 9.11. The van der Waals surface area contributed by atoms with Gasteiger partial charge < -0.3 is 5.32 Å². The summed E-state index contributed by atoms with van der Waals surface area (Å²) in [4.78, 5) is 23.0. The van der Waals surface area contributed by atoms with Gasteiger partial charge in [-0.2, -0.15) is 13.2 Å². The van der Waals surface area contributed by atoms with Crippen molar-refractivity contribution in [2.45, 2.75) is 6.18 Å². The molecule has 0 aromatic carbocycles. The number of carbonyl (C=O) groups excluding carboxylic acids is 1. The molecule has 1 N–H and O–H groups in total. The van der Waals surface area contributed by atoms with Crippen LogP contribution in [0.4, 0.5) is 19.0 Å². The number of alkyl halides is 3. The highest BCUT2D eigenvalue weighted by Gasteiger charge is 2.32. The minimum Gasteiger partial charge on any atom is -0.304 e. The zero-order valence-electron chi connectivity index (χ0n) is 9.95. The maximum Gasteiger partial charge on any atom is 0.433 e. The summed E-state index contributed by atoms with van der Waals surface area (Å²) in [6.07, 6.45) is -2.33. The Morgan fingerprint density at radius 3 is 2.38 bits per heavy atom. The van der Waals surface area contributed by atoms with Gasteiger partial charge >= 0.3 is 6.18 Å². The van der Waals surface area contributed by atoms with E-state index in [1.165, 1.54) is 6.20 Å². The van der Waals surface area contributed by atoms with Gasteiger partial charge in [-0.1, -0.05) is 0 Å². The van der Waals surface area contributed by atoms with E-state index in [1.54, 1.807) is 0 Å². The van der Waals surface area contributed by atoms with Crippen LogP contribution in [0.2, 0.25) is 0 Å². The number of amides is 1. The van der Waals surface area contributed by atoms with Crippen LogP contribution < -0.4 is 5.32 Å². The minimum absolute atomic E-state index is 0.0281. The first-order valence-electron chi connectivity index (χ1n) is 5.30. The Bertz CT molecular complexity index is 676. The van der Waals surface area contributed by atoms with Gasteiger partial charge in [-0.15, -0.1) is 0 Å². The number of nitrogens with one attached hydrogen (secondary N) is 1. The molecule has 2 rings (SSSR count). The Morgan fingerprint density at radius 2 is 1.86 bits per heavy atom. The van der Waals surface area contributed by atoms with E-state index in [0.29, 0.717) is 4.60 Å². The topological polar surface area (TPSA) is 67.8 Å². The molecule has 0 atom stereocenters. The standard InChI is InChI=1S/C11H5Br2F3N4O/c12-7-4-18-9(8(13)19-7)20-10(21)5-1-2-6(17-3-5)11(14,15)16/h1-4H,(H,18,20,21). The summed E-state index contributed by atoms with van der Waals surface area (Å²) >= 11 is 6.20. The predicted octanol–water partition coefficient (Wildman–Crippen LogP) is 3.67. The predicted molar refractivity (Wildman–Crippen MR) is 74.6 cm³/mol. The lowest BCUT2D eigenvalue weighted by Crippen LogP contribution is -2.15. The average molecular weight is 426 g/mol. The molecule has 0 aliphatic rings. The van der Waals surface area contributed by atoms with E-state index in [1.807, 2.05) is 0 Å². The van der Waals surface area contributed by atoms with Gasteiger partial charge in [-0.05, 0) is 44.0 Å². The van der Waals surface area contributed by atoms with E-state index in [9.17, 15) is 18.0 Å². The van der Waals surface area contributed by atoms with Crippen molar-refractivity contribution >= 4 is 43.6 Å². The highest BCUT2D eigenvalue weighted by Crippen LogP contribution is 2.27. The van der Waals surface area contributed by atoms with Crippen molar-refractivity contribution in [2.75, 3.05) is 5.32 Å². The third-order valence-corrected chi connectivity index (χ3v) is 3.18. The van der Waals surface area contributed by atoms with Crippen molar-refractivity contribution in [3.8, 4) is 0 Å². The fraction of sp³-hybridized carbons (Fsp3) is 0.0909. The van der Waals surface area contributed by atoms with Crippen LogP contribution in [0.25, 0.3) is 0 Å². The molecule has 0 spiro atoms. The fourth-order valence-corrected chi connectivity index (χ4v) is 2.22. The zero-order chi connectivity index (χ0) is 15.6. The molecule has 0 unspecified atom stereocenters. The first kappa shape index (κ1) is 15.8. The Labute approximate surface area is 133 Å². The zero-order valence-corrected chi connectivity index (χ0v) is 13.1. The number of pyridine rings is 1. The number of hydrogen-bond acceptors (Lipinski definition) is 4. The van der Waals surface area contributed by atoms with Gasteiger partial charge in [0.2, 0.25) is 0 Å². The van der Waals surface area contributed by atoms with Gasteiger partial charge in [0.25, 0.3) is 5.91 Å². The van der Waals surface area contributed by atoms with Crippen LogP contribution in [0, 0.1) is 0 Å². The van der Waals surface area contributed by atoms with Gasteiger partial charge in [0.1, 0.15) is 14.9 Å². The summed E-state index contributed by atoms with van der Waals surface area (Å²) in [5, 5.41) is 2.41. The van der Waals surface area contributed by atoms with Gasteiger partial charge in [-0.3, -0.25) is 9.78 Å². The van der Waals surface area contributed by atoms with E-state index in [-0.39, 0.29) is 16.0 Å². The van der Waals surface area contributed by atoms with E-state index in [2.05, 4.69) is 52.1 Å². The Balaban J connectivity index is 2.17. The summed E-state index contributed by atoms with van der Waals surface area (Å²) in [5.41, 5.74) is -1.09. The monoisotopic (exact) mass is 424 g/mol. The lowest BCUT2D eigenvalue weighted by atomic mass is 10.2. The lowest BCUT2D eigenvalue weighted by molar-refractivity contribution is -0.141. The van der Waals surface area contributed by atoms with E-state index >= 15 is 0 Å². The highest BCUT2D eigenvalue weighted by atomic mass is 79.9. The summed E-state index contributed by atoms with van der Waals surface area (Å²) < 4.78 is 37.8. The molecule has 110 valence electrons. The van der Waals surface area contributed by atoms with Crippen LogP contribution in [-0.4, -0.2) is 20.9 Å². The molecule has 2 heterocycles. The van der Waals surface area contributed by atoms with Crippen molar-refractivity contribution in [1.29, 1.82) is 0 Å². The molecule has 5 nitrogen and oxygen atoms in total. The third-order valence-electron chi connectivity index (χ3n) is 2.25. The fourth-order valence-electron chi connectivity index (χ4n) is 1.31. The van der Waals surface area contributed by atoms with Crippen molar-refractivity contribution in [1.82, 2.24) is 15.0 Å². The normalized spacial score (nSPS) is 11.3. The molecule has 0 fully saturated rings. The van der Waals surface area contributed by atoms with Crippen LogP contribution >= 0.6 is 31.9 Å². The Kier molecular flexibility index (Phi) is 4.57. The molecule has 0 saturated carbocycles. The summed E-state index contributed by atoms with van der Waals surface area (Å²) in [6.45, 7) is 0. The van der Waals surface area contributed by atoms with Crippen LogP contribution in [0.15, 0.2) is 33.7 Å². The largest absolute Gasteiger partial charge is 0.433 e. The van der Waals surface area contributed by atoms with Crippen LogP contribution in [0.1, 0.15) is 16.1 Å². The summed E-state index contributed by atoms with van der Waals surface area (Å²) in [6, 6.07) is 1.77. The number of carbonyl (C=O) groups is 1. The average Bonchev–Trinajstić information content (AvgIpc) is 2.41. The number of rotatable bonds is 2. The maximum atomic E-state index is 12.4. The number of aromatic nitrogens is 3. The molecule has 1 amide bonds. The molecular weight excluding hydrogens is 421 g/mol. The summed E-state index contributed by atoms with van der Waals surface area (Å²) in [5.74, 6) is -0.503. The molecule has 0 radical (unpaired) electrons. The van der Waals surface area contributed by atoms with E-state index in [4.69, 9.17) is 0 Å². The van der Waals surface area contributed by atoms with Crippen LogP contribution in [-0.2, 0) is 6.18 Å². The van der Waals surface area contributed by atoms with Crippen LogP contribution in [0.5, 0.6) is 0 Å². The van der Waals surface area contributed by atoms with Gasteiger partial charge in [0.15, 0.2) is 5.82 Å². The number of hydrogen-bond donors (Lipinski definition) is 1. The van der Waals surface area contributed by atoms with Crippen molar-refractivity contribution < 1.29 is 18.0 Å². The molecule has 2 aromatic rings. The third kappa shape index (κ3) is 3.97. The van der Waals surface area contributed by atoms with Gasteiger partial charge in [-0.25, -0.2) is 9.97 Å². The van der Waals surface area contributed by atoms with Crippen LogP contribution in [0.3, 0.4) is 0 Å². The molecular formula is C11H5Br2F3N4O. The molecule has 0 aliphatic heterocycles. The van der Waals surface area contributed by atoms with Crippen molar-refractivity contribution in [3.63, 3.8) is 0 Å². The first-order chi connectivity index (χ1) is 9.77. The second-order valence-electron chi connectivity index (χ2n) is 3.72. The molecule has 0 aliphatic carbocycles. The smallest absolute Gasteiger partial charge is 0.304 e. The molecule has 0 saturated heterocycles. The quantitative estimate of drug-likeness (QED) is 0.797. The molecule has 0 bridgehead atoms. The number of nitrogens with zero attached hydrogens (tertiary/aromatic N) is 3. The van der Waals surface area contributed by atoms with Crippen molar-refractivity contribution in [2.24, 2.45) is 0 Å². The van der Waals surface area contributed by atoms with Crippen molar-refractivity contribution in [3.05, 3.63) is 45.0 Å². The van der Waals surface area contributed by atoms with E-state index in [0.717, 1.165) is 18.3 Å². The van der Waals surface area contributed by atoms with Gasteiger partial charge in [0.05, 0.1) is 11.8 Å². The molecule has 2 aromatic heterocycles. The van der Waals surface area contributed by atoms with E-state index < -0.39 is 17.8 Å². The number of halogens is 5. The SMILES string of the molecule is O=C(Nc1ncc(Br)nc1Br)c1ccc(C(F)(F)F)nc1. The Morgan fingerprint density at radius 1 is 1.14 bits per heavy atom. The van der Waals surface area contributed by atoms with Gasteiger partial charge in [0, 0.05) is 6.20 Å². The molecule has 10 heteroatoms. The second kappa shape index (κ2) is 6.06. The Hall–Kier alpha value is -1.55. The maximum absolute atomic E-state index is 12.4. The minimum atomic E-state index is -4.55. The second-order valence-corrected chi connectivity index (χ2v) is 5.28. The number of anilines is 1. The molecule has 21 heavy (non-hydrogen) atoms.